The molecule has 0 aliphatic carbocycles. The van der Waals surface area contributed by atoms with Gasteiger partial charge in [0.15, 0.2) is 0 Å². The van der Waals surface area contributed by atoms with Crippen molar-refractivity contribution >= 4 is 18.1 Å². The van der Waals surface area contributed by atoms with Crippen LogP contribution < -0.4 is 10.1 Å². The molecule has 1 rings (SSSR count). The first-order valence-electron chi connectivity index (χ1n) is 10.2. The van der Waals surface area contributed by atoms with Crippen LogP contribution in [0.2, 0.25) is 0 Å². The fourth-order valence-electron chi connectivity index (χ4n) is 2.54. The van der Waals surface area contributed by atoms with Crippen molar-refractivity contribution in [3.05, 3.63) is 29.8 Å². The predicted octanol–water partition coefficient (Wildman–Crippen LogP) is 2.11. The van der Waals surface area contributed by atoms with Gasteiger partial charge in [0.05, 0.1) is 39.0 Å². The van der Waals surface area contributed by atoms with Gasteiger partial charge < -0.3 is 29.7 Å². The molecule has 11 nitrogen and oxygen atoms in total. The van der Waals surface area contributed by atoms with Crippen LogP contribution in [0.4, 0.5) is 9.59 Å². The molecule has 0 bridgehead atoms. The molecule has 0 aliphatic heterocycles. The zero-order chi connectivity index (χ0) is 23.6. The third-order valence-corrected chi connectivity index (χ3v) is 4.17. The smallest absolute Gasteiger partial charge is 0.416 e. The van der Waals surface area contributed by atoms with E-state index in [1.165, 1.54) is 5.56 Å². The number of imide groups is 1. The van der Waals surface area contributed by atoms with Crippen LogP contribution in [-0.4, -0.2) is 79.3 Å². The molecule has 0 radical (unpaired) electrons. The van der Waals surface area contributed by atoms with Gasteiger partial charge in [-0.1, -0.05) is 12.1 Å². The van der Waals surface area contributed by atoms with Crippen molar-refractivity contribution in [1.82, 2.24) is 10.2 Å². The number of nitrogens with zero attached hydrogens (tertiary/aromatic N) is 2. The van der Waals surface area contributed by atoms with Gasteiger partial charge in [-0.15, -0.1) is 0 Å². The fourth-order valence-corrected chi connectivity index (χ4v) is 2.54. The number of carbonyl (C=O) groups is 3. The Balaban J connectivity index is 2.04. The molecule has 0 aromatic heterocycles. The van der Waals surface area contributed by atoms with Crippen molar-refractivity contribution in [2.75, 3.05) is 46.1 Å². The lowest BCUT2D eigenvalue weighted by atomic mass is 10.1. The second kappa shape index (κ2) is 16.3. The van der Waals surface area contributed by atoms with Gasteiger partial charge in [-0.3, -0.25) is 4.79 Å². The highest BCUT2D eigenvalue weighted by atomic mass is 16.5. The van der Waals surface area contributed by atoms with Gasteiger partial charge in [0.2, 0.25) is 5.91 Å². The lowest BCUT2D eigenvalue weighted by molar-refractivity contribution is -0.120. The highest BCUT2D eigenvalue weighted by molar-refractivity contribution is 5.85. The first-order valence-corrected chi connectivity index (χ1v) is 10.2. The normalized spacial score (nSPS) is 10.2. The number of amides is 3. The molecular formula is C21H29N3O8. The van der Waals surface area contributed by atoms with E-state index in [4.69, 9.17) is 29.7 Å². The van der Waals surface area contributed by atoms with E-state index in [0.717, 1.165) is 25.0 Å². The Labute approximate surface area is 186 Å². The molecule has 32 heavy (non-hydrogen) atoms. The molecule has 0 saturated heterocycles. The summed E-state index contributed by atoms with van der Waals surface area (Å²) in [5.74, 6) is 0.480. The van der Waals surface area contributed by atoms with E-state index in [-0.39, 0.29) is 43.6 Å². The number of hydrogen-bond acceptors (Lipinski definition) is 7. The third-order valence-electron chi connectivity index (χ3n) is 4.17. The maximum absolute atomic E-state index is 11.2. The van der Waals surface area contributed by atoms with Crippen molar-refractivity contribution in [3.8, 4) is 11.8 Å². The van der Waals surface area contributed by atoms with E-state index in [1.807, 2.05) is 30.3 Å². The molecule has 3 N–H and O–H groups in total. The number of carboxylic acid groups (broad SMARTS) is 2. The van der Waals surface area contributed by atoms with E-state index in [2.05, 4.69) is 5.32 Å². The summed E-state index contributed by atoms with van der Waals surface area (Å²) in [5.41, 5.74) is 1.17. The molecule has 176 valence electrons. The number of unbranched alkanes of at least 4 members (excludes halogenated alkanes) is 1. The SMILES string of the molecule is N#CCC(=O)NCCCCc1ccc(OCCOCCOCCN(C(=O)O)C(=O)O)cc1. The Morgan fingerprint density at radius 3 is 2.19 bits per heavy atom. The van der Waals surface area contributed by atoms with Gasteiger partial charge in [0, 0.05) is 6.54 Å². The van der Waals surface area contributed by atoms with Gasteiger partial charge in [-0.2, -0.15) is 5.26 Å². The first-order chi connectivity index (χ1) is 15.4. The quantitative estimate of drug-likeness (QED) is 0.320. The summed E-state index contributed by atoms with van der Waals surface area (Å²) in [7, 11) is 0. The number of benzene rings is 1. The lowest BCUT2D eigenvalue weighted by Crippen LogP contribution is -2.37. The average molecular weight is 451 g/mol. The van der Waals surface area contributed by atoms with Gasteiger partial charge in [0.1, 0.15) is 18.8 Å². The van der Waals surface area contributed by atoms with Gasteiger partial charge in [-0.05, 0) is 37.0 Å². The largest absolute Gasteiger partial charge is 0.491 e. The van der Waals surface area contributed by atoms with Crippen LogP contribution in [0, 0.1) is 11.3 Å². The second-order valence-electron chi connectivity index (χ2n) is 6.58. The molecule has 0 spiro atoms. The molecule has 0 heterocycles. The lowest BCUT2D eigenvalue weighted by Gasteiger charge is -2.13. The standard InChI is InChI=1S/C21H29N3O8/c22-9-8-19(25)23-10-2-1-3-17-4-6-18(7-5-17)32-16-15-31-14-13-30-12-11-24(20(26)27)21(28)29/h4-7H,1-3,8,10-16H2,(H,23,25)(H,26,27)(H,28,29). The van der Waals surface area contributed by atoms with Crippen molar-refractivity contribution in [3.63, 3.8) is 0 Å². The zero-order valence-electron chi connectivity index (χ0n) is 17.8. The highest BCUT2D eigenvalue weighted by Gasteiger charge is 2.18. The molecule has 3 amide bonds. The summed E-state index contributed by atoms with van der Waals surface area (Å²) in [4.78, 5) is 32.7. The van der Waals surface area contributed by atoms with Crippen molar-refractivity contribution in [2.45, 2.75) is 25.7 Å². The Kier molecular flexibility index (Phi) is 13.6. The fraction of sp³-hybridized carbons (Fsp3) is 0.524. The van der Waals surface area contributed by atoms with Gasteiger partial charge in [0.25, 0.3) is 0 Å². The summed E-state index contributed by atoms with van der Waals surface area (Å²) in [6.45, 7) is 1.45. The maximum atomic E-state index is 11.2. The second-order valence-corrected chi connectivity index (χ2v) is 6.58. The molecule has 0 fully saturated rings. The van der Waals surface area contributed by atoms with Crippen LogP contribution in [0.5, 0.6) is 5.75 Å². The Hall–Kier alpha value is -3.36. The molecule has 11 heteroatoms. The number of hydrogen-bond donors (Lipinski definition) is 3. The van der Waals surface area contributed by atoms with E-state index < -0.39 is 12.2 Å². The van der Waals surface area contributed by atoms with Crippen LogP contribution in [0.3, 0.4) is 0 Å². The van der Waals surface area contributed by atoms with Crippen molar-refractivity contribution in [1.29, 1.82) is 5.26 Å². The molecule has 1 aromatic carbocycles. The number of rotatable bonds is 16. The molecule has 0 atom stereocenters. The van der Waals surface area contributed by atoms with Crippen LogP contribution >= 0.6 is 0 Å². The van der Waals surface area contributed by atoms with E-state index in [9.17, 15) is 14.4 Å². The minimum atomic E-state index is -1.54. The molecular weight excluding hydrogens is 422 g/mol. The summed E-state index contributed by atoms with van der Waals surface area (Å²) < 4.78 is 16.1. The minimum absolute atomic E-state index is 0.0410. The van der Waals surface area contributed by atoms with Crippen molar-refractivity contribution in [2.24, 2.45) is 0 Å². The monoisotopic (exact) mass is 451 g/mol. The topological polar surface area (TPSA) is 158 Å². The average Bonchev–Trinajstić information content (AvgIpc) is 2.75. The third kappa shape index (κ3) is 12.4. The number of nitrogens with one attached hydrogen (secondary N) is 1. The Morgan fingerprint density at radius 2 is 1.56 bits per heavy atom. The molecule has 0 aliphatic rings. The summed E-state index contributed by atoms with van der Waals surface area (Å²) in [6.07, 6.45) is -0.542. The number of ether oxygens (including phenoxy) is 3. The van der Waals surface area contributed by atoms with Gasteiger partial charge in [-0.25, -0.2) is 14.5 Å². The summed E-state index contributed by atoms with van der Waals surface area (Å²) >= 11 is 0. The number of aryl methyl sites for hydroxylation is 1. The van der Waals surface area contributed by atoms with Gasteiger partial charge >= 0.3 is 12.2 Å². The van der Waals surface area contributed by atoms with Crippen LogP contribution in [0.1, 0.15) is 24.8 Å². The minimum Gasteiger partial charge on any atom is -0.491 e. The first kappa shape index (κ1) is 26.7. The molecule has 1 aromatic rings. The Morgan fingerprint density at radius 1 is 0.938 bits per heavy atom. The highest BCUT2D eigenvalue weighted by Crippen LogP contribution is 2.13. The molecule has 0 unspecified atom stereocenters. The van der Waals surface area contributed by atoms with Crippen LogP contribution in [0.25, 0.3) is 0 Å². The van der Waals surface area contributed by atoms with E-state index in [1.54, 1.807) is 0 Å². The maximum Gasteiger partial charge on any atom is 0.416 e. The predicted molar refractivity (Wildman–Crippen MR) is 113 cm³/mol. The number of nitriles is 1. The van der Waals surface area contributed by atoms with Crippen LogP contribution in [0.15, 0.2) is 24.3 Å². The number of carbonyl (C=O) groups excluding carboxylic acids is 1. The Bertz CT molecular complexity index is 734. The molecule has 0 saturated carbocycles. The van der Waals surface area contributed by atoms with E-state index in [0.29, 0.717) is 19.8 Å². The van der Waals surface area contributed by atoms with Crippen LogP contribution in [-0.2, 0) is 20.7 Å². The van der Waals surface area contributed by atoms with E-state index >= 15 is 0 Å². The summed E-state index contributed by atoms with van der Waals surface area (Å²) in [6, 6.07) is 9.53. The summed E-state index contributed by atoms with van der Waals surface area (Å²) in [5, 5.41) is 28.4. The zero-order valence-corrected chi connectivity index (χ0v) is 17.8. The van der Waals surface area contributed by atoms with Crippen molar-refractivity contribution < 1.29 is 38.8 Å².